The Balaban J connectivity index is 1.76. The van der Waals surface area contributed by atoms with Crippen LogP contribution in [0.4, 0.5) is 0 Å². The lowest BCUT2D eigenvalue weighted by Gasteiger charge is -2.23. The fraction of sp³-hybridized carbons (Fsp3) is 0.214. The average molecular weight is 427 g/mol. The number of phenols is 1. The van der Waals surface area contributed by atoms with E-state index in [1.807, 2.05) is 12.1 Å². The lowest BCUT2D eigenvalue weighted by molar-refractivity contribution is 0.405. The van der Waals surface area contributed by atoms with Crippen LogP contribution in [-0.2, 0) is 12.8 Å². The molecule has 2 nitrogen and oxygen atoms in total. The minimum Gasteiger partial charge on any atom is -0.507 e. The molecule has 0 aromatic heterocycles. The van der Waals surface area contributed by atoms with Gasteiger partial charge in [0.1, 0.15) is 11.5 Å². The van der Waals surface area contributed by atoms with Crippen molar-refractivity contribution in [3.05, 3.63) is 82.4 Å². The molecule has 0 fully saturated rings. The van der Waals surface area contributed by atoms with Crippen LogP contribution in [0.2, 0.25) is 0 Å². The van der Waals surface area contributed by atoms with Gasteiger partial charge in [-0.2, -0.15) is 0 Å². The minimum absolute atomic E-state index is 0.325. The highest BCUT2D eigenvalue weighted by molar-refractivity contribution is 7.99. The first-order chi connectivity index (χ1) is 15.0. The maximum Gasteiger partial charge on any atom is 0.133 e. The Labute approximate surface area is 187 Å². The van der Waals surface area contributed by atoms with Gasteiger partial charge in [-0.15, -0.1) is 0 Å². The standard InChI is InChI=1S/C28H26O2S/c1-16-11-17(2)28(18(3)12-16)31-26-15-23-22(14-25(26)30-4)24(29)13-20-10-9-19-7-5-6-8-21(19)27(20)23/h5-8,11-15,29H,9-10H2,1-4H3. The second-order valence-corrected chi connectivity index (χ2v) is 9.52. The molecular weight excluding hydrogens is 400 g/mol. The molecule has 0 radical (unpaired) electrons. The van der Waals surface area contributed by atoms with Crippen LogP contribution in [0, 0.1) is 20.8 Å². The van der Waals surface area contributed by atoms with E-state index in [0.29, 0.717) is 5.75 Å². The molecule has 0 amide bonds. The summed E-state index contributed by atoms with van der Waals surface area (Å²) in [7, 11) is 1.70. The molecule has 31 heavy (non-hydrogen) atoms. The summed E-state index contributed by atoms with van der Waals surface area (Å²) in [6.45, 7) is 6.47. The van der Waals surface area contributed by atoms with Gasteiger partial charge in [-0.3, -0.25) is 0 Å². The number of ether oxygens (including phenoxy) is 1. The maximum atomic E-state index is 10.8. The summed E-state index contributed by atoms with van der Waals surface area (Å²) in [5.41, 5.74) is 8.93. The molecule has 0 heterocycles. The number of rotatable bonds is 3. The third-order valence-electron chi connectivity index (χ3n) is 6.25. The van der Waals surface area contributed by atoms with Crippen molar-refractivity contribution < 1.29 is 9.84 Å². The zero-order valence-electron chi connectivity index (χ0n) is 18.4. The summed E-state index contributed by atoms with van der Waals surface area (Å²) in [5.74, 6) is 1.11. The van der Waals surface area contributed by atoms with Crippen LogP contribution in [0.15, 0.2) is 64.4 Å². The van der Waals surface area contributed by atoms with Crippen molar-refractivity contribution in [3.8, 4) is 22.6 Å². The molecule has 0 unspecified atom stereocenters. The van der Waals surface area contributed by atoms with E-state index in [2.05, 4.69) is 63.2 Å². The van der Waals surface area contributed by atoms with Gasteiger partial charge in [-0.05, 0) is 90.6 Å². The van der Waals surface area contributed by atoms with Crippen LogP contribution in [-0.4, -0.2) is 12.2 Å². The summed E-state index contributed by atoms with van der Waals surface area (Å²) in [5, 5.41) is 12.8. The van der Waals surface area contributed by atoms with Gasteiger partial charge < -0.3 is 9.84 Å². The van der Waals surface area contributed by atoms with E-state index in [-0.39, 0.29) is 0 Å². The van der Waals surface area contributed by atoms with Crippen LogP contribution in [0.3, 0.4) is 0 Å². The molecule has 1 aliphatic rings. The van der Waals surface area contributed by atoms with Crippen LogP contribution in [0.1, 0.15) is 27.8 Å². The van der Waals surface area contributed by atoms with E-state index in [1.54, 1.807) is 18.9 Å². The second-order valence-electron chi connectivity index (χ2n) is 8.47. The Morgan fingerprint density at radius 1 is 0.839 bits per heavy atom. The molecule has 1 aliphatic carbocycles. The van der Waals surface area contributed by atoms with Crippen LogP contribution in [0.5, 0.6) is 11.5 Å². The van der Waals surface area contributed by atoms with Crippen LogP contribution in [0.25, 0.3) is 21.9 Å². The zero-order chi connectivity index (χ0) is 21.7. The molecule has 0 saturated heterocycles. The van der Waals surface area contributed by atoms with Crippen molar-refractivity contribution in [1.29, 1.82) is 0 Å². The highest BCUT2D eigenvalue weighted by Crippen LogP contribution is 2.47. The lowest BCUT2D eigenvalue weighted by Crippen LogP contribution is -2.04. The monoisotopic (exact) mass is 426 g/mol. The number of phenolic OH excluding ortho intramolecular Hbond substituents is 1. The predicted octanol–water partition coefficient (Wildman–Crippen LogP) is 7.40. The quantitative estimate of drug-likeness (QED) is 0.370. The first-order valence-corrected chi connectivity index (χ1v) is 11.5. The molecule has 0 saturated carbocycles. The van der Waals surface area contributed by atoms with Gasteiger partial charge >= 0.3 is 0 Å². The molecule has 4 aromatic carbocycles. The summed E-state index contributed by atoms with van der Waals surface area (Å²) in [4.78, 5) is 2.33. The van der Waals surface area contributed by atoms with Gasteiger partial charge in [0.2, 0.25) is 0 Å². The van der Waals surface area contributed by atoms with Crippen molar-refractivity contribution in [3.63, 3.8) is 0 Å². The number of methoxy groups -OCH3 is 1. The smallest absolute Gasteiger partial charge is 0.133 e. The molecule has 0 bridgehead atoms. The fourth-order valence-electron chi connectivity index (χ4n) is 4.91. The van der Waals surface area contributed by atoms with Gasteiger partial charge in [0.05, 0.1) is 12.0 Å². The Bertz CT molecular complexity index is 1310. The Morgan fingerprint density at radius 2 is 1.55 bits per heavy atom. The highest BCUT2D eigenvalue weighted by atomic mass is 32.2. The first-order valence-electron chi connectivity index (χ1n) is 10.7. The third-order valence-corrected chi connectivity index (χ3v) is 7.64. The number of hydrogen-bond acceptors (Lipinski definition) is 3. The normalized spacial score (nSPS) is 12.5. The molecule has 0 spiro atoms. The molecule has 5 rings (SSSR count). The second kappa shape index (κ2) is 7.65. The van der Waals surface area contributed by atoms with Gasteiger partial charge in [-0.25, -0.2) is 0 Å². The SMILES string of the molecule is COc1cc2c(O)cc3c(c2cc1Sc1c(C)cc(C)cc1C)-c1ccccc1CC3. The molecule has 1 N–H and O–H groups in total. The number of hydrogen-bond donors (Lipinski definition) is 1. The lowest BCUT2D eigenvalue weighted by atomic mass is 9.82. The van der Waals surface area contributed by atoms with Gasteiger partial charge in [0, 0.05) is 10.3 Å². The van der Waals surface area contributed by atoms with Crippen molar-refractivity contribution in [1.82, 2.24) is 0 Å². The van der Waals surface area contributed by atoms with Crippen molar-refractivity contribution in [2.75, 3.05) is 7.11 Å². The van der Waals surface area contributed by atoms with Crippen molar-refractivity contribution in [2.24, 2.45) is 0 Å². The molecule has 4 aromatic rings. The molecule has 3 heteroatoms. The first kappa shape index (κ1) is 20.0. The average Bonchev–Trinajstić information content (AvgIpc) is 2.75. The van der Waals surface area contributed by atoms with Gasteiger partial charge in [-0.1, -0.05) is 53.7 Å². The number of aryl methyl sites for hydroxylation is 5. The summed E-state index contributed by atoms with van der Waals surface area (Å²) >= 11 is 1.75. The summed E-state index contributed by atoms with van der Waals surface area (Å²) in [6, 6.07) is 19.2. The fourth-order valence-corrected chi connectivity index (χ4v) is 5.99. The number of benzene rings is 4. The number of aromatic hydroxyl groups is 1. The van der Waals surface area contributed by atoms with E-state index in [4.69, 9.17) is 4.74 Å². The van der Waals surface area contributed by atoms with E-state index in [1.165, 1.54) is 43.8 Å². The Morgan fingerprint density at radius 3 is 2.29 bits per heavy atom. The molecule has 0 atom stereocenters. The largest absolute Gasteiger partial charge is 0.507 e. The Hall–Kier alpha value is -2.91. The van der Waals surface area contributed by atoms with Crippen molar-refractivity contribution in [2.45, 2.75) is 43.4 Å². The van der Waals surface area contributed by atoms with Gasteiger partial charge in [0.25, 0.3) is 0 Å². The van der Waals surface area contributed by atoms with Crippen LogP contribution >= 0.6 is 11.8 Å². The van der Waals surface area contributed by atoms with E-state index in [9.17, 15) is 5.11 Å². The van der Waals surface area contributed by atoms with Crippen LogP contribution < -0.4 is 4.74 Å². The highest BCUT2D eigenvalue weighted by Gasteiger charge is 2.22. The van der Waals surface area contributed by atoms with E-state index in [0.717, 1.165) is 34.3 Å². The number of fused-ring (bicyclic) bond motifs is 5. The Kier molecular flexibility index (Phi) is 4.94. The maximum absolute atomic E-state index is 10.8. The molecule has 0 aliphatic heterocycles. The molecule has 156 valence electrons. The van der Waals surface area contributed by atoms with Gasteiger partial charge in [0.15, 0.2) is 0 Å². The summed E-state index contributed by atoms with van der Waals surface area (Å²) < 4.78 is 5.77. The van der Waals surface area contributed by atoms with E-state index < -0.39 is 0 Å². The summed E-state index contributed by atoms with van der Waals surface area (Å²) in [6.07, 6.45) is 1.95. The zero-order valence-corrected chi connectivity index (χ0v) is 19.2. The molecular formula is C28H26O2S. The van der Waals surface area contributed by atoms with E-state index >= 15 is 0 Å². The third kappa shape index (κ3) is 3.37. The minimum atomic E-state index is 0.325. The van der Waals surface area contributed by atoms with Crippen molar-refractivity contribution >= 4 is 22.5 Å². The topological polar surface area (TPSA) is 29.5 Å². The predicted molar refractivity (Wildman–Crippen MR) is 130 cm³/mol.